The largest absolute Gasteiger partial charge is 0.458 e. The van der Waals surface area contributed by atoms with Crippen molar-refractivity contribution in [3.63, 3.8) is 0 Å². The topological polar surface area (TPSA) is 43.0 Å². The van der Waals surface area contributed by atoms with E-state index in [1.54, 1.807) is 4.68 Å². The molecule has 0 aliphatic heterocycles. The summed E-state index contributed by atoms with van der Waals surface area (Å²) in [5.74, 6) is 0.886. The molecule has 19 heavy (non-hydrogen) atoms. The Balaban J connectivity index is 2.09. The van der Waals surface area contributed by atoms with Gasteiger partial charge in [0.1, 0.15) is 11.3 Å². The number of furan rings is 1. The van der Waals surface area contributed by atoms with Crippen LogP contribution in [-0.4, -0.2) is 16.8 Å². The fourth-order valence-electron chi connectivity index (χ4n) is 2.25. The van der Waals surface area contributed by atoms with E-state index in [2.05, 4.69) is 32.4 Å². The van der Waals surface area contributed by atoms with E-state index in [1.807, 2.05) is 44.7 Å². The maximum absolute atomic E-state index is 5.97. The molecule has 0 saturated heterocycles. The third-order valence-corrected chi connectivity index (χ3v) is 3.77. The fourth-order valence-corrected chi connectivity index (χ4v) is 2.71. The van der Waals surface area contributed by atoms with Crippen LogP contribution in [0.4, 0.5) is 0 Å². The second-order valence-corrected chi connectivity index (χ2v) is 5.33. The number of para-hydroxylation sites is 1. The molecule has 1 N–H and O–H groups in total. The molecule has 0 aliphatic carbocycles. The number of benzene rings is 1. The Bertz CT molecular complexity index is 716. The van der Waals surface area contributed by atoms with Crippen LogP contribution in [0.25, 0.3) is 11.0 Å². The standard InChI is InChI=1S/C14H14BrN3O/c1-16-13(10-7-17-18(2)8-10)12-6-9-4-3-5-11(15)14(9)19-12/h3-8,13,16H,1-2H3. The minimum Gasteiger partial charge on any atom is -0.458 e. The summed E-state index contributed by atoms with van der Waals surface area (Å²) < 4.78 is 8.73. The Morgan fingerprint density at radius 3 is 2.89 bits per heavy atom. The first-order valence-electron chi connectivity index (χ1n) is 6.03. The highest BCUT2D eigenvalue weighted by molar-refractivity contribution is 9.10. The van der Waals surface area contributed by atoms with Crippen LogP contribution in [0.3, 0.4) is 0 Å². The zero-order valence-electron chi connectivity index (χ0n) is 10.7. The highest BCUT2D eigenvalue weighted by atomic mass is 79.9. The molecule has 0 radical (unpaired) electrons. The van der Waals surface area contributed by atoms with Gasteiger partial charge in [0.05, 0.1) is 16.7 Å². The number of fused-ring (bicyclic) bond motifs is 1. The molecule has 3 aromatic rings. The van der Waals surface area contributed by atoms with Crippen LogP contribution in [0.15, 0.2) is 45.5 Å². The summed E-state index contributed by atoms with van der Waals surface area (Å²) in [7, 11) is 3.82. The van der Waals surface area contributed by atoms with Crippen LogP contribution in [0.1, 0.15) is 17.4 Å². The Morgan fingerprint density at radius 1 is 1.42 bits per heavy atom. The first-order valence-corrected chi connectivity index (χ1v) is 6.82. The summed E-state index contributed by atoms with van der Waals surface area (Å²) in [5.41, 5.74) is 1.96. The van der Waals surface area contributed by atoms with Gasteiger partial charge in [0.2, 0.25) is 0 Å². The molecule has 1 atom stereocenters. The van der Waals surface area contributed by atoms with Crippen LogP contribution >= 0.6 is 15.9 Å². The Morgan fingerprint density at radius 2 is 2.26 bits per heavy atom. The Labute approximate surface area is 119 Å². The van der Waals surface area contributed by atoms with Crippen molar-refractivity contribution in [2.24, 2.45) is 7.05 Å². The summed E-state index contributed by atoms with van der Waals surface area (Å²) >= 11 is 3.51. The minimum atomic E-state index is 0.00741. The van der Waals surface area contributed by atoms with Crippen LogP contribution in [0.5, 0.6) is 0 Å². The molecular formula is C14H14BrN3O. The van der Waals surface area contributed by atoms with Crippen molar-refractivity contribution in [3.8, 4) is 0 Å². The lowest BCUT2D eigenvalue weighted by Gasteiger charge is -2.10. The number of nitrogens with zero attached hydrogens (tertiary/aromatic N) is 2. The second-order valence-electron chi connectivity index (χ2n) is 4.48. The monoisotopic (exact) mass is 319 g/mol. The molecule has 5 heteroatoms. The van der Waals surface area contributed by atoms with Crippen molar-refractivity contribution in [1.82, 2.24) is 15.1 Å². The van der Waals surface area contributed by atoms with Gasteiger partial charge in [-0.15, -0.1) is 0 Å². The number of rotatable bonds is 3. The number of hydrogen-bond acceptors (Lipinski definition) is 3. The molecule has 0 saturated carbocycles. The quantitative estimate of drug-likeness (QED) is 0.806. The third-order valence-electron chi connectivity index (χ3n) is 3.15. The van der Waals surface area contributed by atoms with Crippen LogP contribution < -0.4 is 5.32 Å². The molecule has 1 unspecified atom stereocenters. The average Bonchev–Trinajstić information content (AvgIpc) is 2.98. The molecule has 4 nitrogen and oxygen atoms in total. The predicted molar refractivity (Wildman–Crippen MR) is 78.0 cm³/mol. The number of halogens is 1. The Kier molecular flexibility index (Phi) is 3.16. The van der Waals surface area contributed by atoms with Gasteiger partial charge < -0.3 is 9.73 Å². The van der Waals surface area contributed by atoms with Gasteiger partial charge in [0.15, 0.2) is 0 Å². The van der Waals surface area contributed by atoms with E-state index >= 15 is 0 Å². The van der Waals surface area contributed by atoms with Crippen molar-refractivity contribution in [1.29, 1.82) is 0 Å². The van der Waals surface area contributed by atoms with E-state index in [1.165, 1.54) is 0 Å². The van der Waals surface area contributed by atoms with E-state index in [-0.39, 0.29) is 6.04 Å². The first-order chi connectivity index (χ1) is 9.19. The van der Waals surface area contributed by atoms with E-state index < -0.39 is 0 Å². The van der Waals surface area contributed by atoms with Crippen LogP contribution in [0.2, 0.25) is 0 Å². The van der Waals surface area contributed by atoms with Gasteiger partial charge in [-0.3, -0.25) is 4.68 Å². The molecule has 0 fully saturated rings. The summed E-state index contributed by atoms with van der Waals surface area (Å²) in [6.45, 7) is 0. The van der Waals surface area contributed by atoms with E-state index in [9.17, 15) is 0 Å². The maximum atomic E-state index is 5.97. The number of aromatic nitrogens is 2. The fraction of sp³-hybridized carbons (Fsp3) is 0.214. The van der Waals surface area contributed by atoms with Crippen molar-refractivity contribution < 1.29 is 4.42 Å². The third kappa shape index (κ3) is 2.19. The van der Waals surface area contributed by atoms with Crippen molar-refractivity contribution in [2.75, 3.05) is 7.05 Å². The average molecular weight is 320 g/mol. The minimum absolute atomic E-state index is 0.00741. The lowest BCUT2D eigenvalue weighted by atomic mass is 10.1. The number of nitrogens with one attached hydrogen (secondary N) is 1. The van der Waals surface area contributed by atoms with Gasteiger partial charge in [-0.1, -0.05) is 12.1 Å². The summed E-state index contributed by atoms with van der Waals surface area (Å²) in [6.07, 6.45) is 3.84. The smallest absolute Gasteiger partial charge is 0.148 e. The van der Waals surface area contributed by atoms with Gasteiger partial charge in [0, 0.05) is 24.2 Å². The van der Waals surface area contributed by atoms with Crippen LogP contribution in [0, 0.1) is 0 Å². The maximum Gasteiger partial charge on any atom is 0.148 e. The van der Waals surface area contributed by atoms with Gasteiger partial charge in [-0.2, -0.15) is 5.10 Å². The predicted octanol–water partition coefficient (Wildman–Crippen LogP) is 3.24. The molecular weight excluding hydrogens is 306 g/mol. The molecule has 1 aromatic carbocycles. The lowest BCUT2D eigenvalue weighted by molar-refractivity contribution is 0.490. The molecule has 0 bridgehead atoms. The SMILES string of the molecule is CNC(c1cnn(C)c1)c1cc2cccc(Br)c2o1. The number of hydrogen-bond donors (Lipinski definition) is 1. The lowest BCUT2D eigenvalue weighted by Crippen LogP contribution is -2.16. The molecule has 2 heterocycles. The zero-order chi connectivity index (χ0) is 13.4. The van der Waals surface area contributed by atoms with Crippen molar-refractivity contribution in [2.45, 2.75) is 6.04 Å². The molecule has 98 valence electrons. The Hall–Kier alpha value is -1.59. The van der Waals surface area contributed by atoms with Crippen molar-refractivity contribution >= 4 is 26.9 Å². The highest BCUT2D eigenvalue weighted by Gasteiger charge is 2.18. The highest BCUT2D eigenvalue weighted by Crippen LogP contribution is 2.31. The molecule has 0 spiro atoms. The summed E-state index contributed by atoms with van der Waals surface area (Å²) in [6, 6.07) is 8.10. The number of aryl methyl sites for hydroxylation is 1. The van der Waals surface area contributed by atoms with Gasteiger partial charge in [0.25, 0.3) is 0 Å². The van der Waals surface area contributed by atoms with Crippen LogP contribution in [-0.2, 0) is 7.05 Å². The normalized spacial score (nSPS) is 13.0. The molecule has 0 amide bonds. The summed E-state index contributed by atoms with van der Waals surface area (Å²) in [4.78, 5) is 0. The second kappa shape index (κ2) is 4.83. The van der Waals surface area contributed by atoms with Gasteiger partial charge in [-0.05, 0) is 35.1 Å². The first kappa shape index (κ1) is 12.4. The van der Waals surface area contributed by atoms with E-state index in [0.717, 1.165) is 26.8 Å². The zero-order valence-corrected chi connectivity index (χ0v) is 12.3. The van der Waals surface area contributed by atoms with Gasteiger partial charge in [-0.25, -0.2) is 0 Å². The summed E-state index contributed by atoms with van der Waals surface area (Å²) in [5, 5.41) is 8.57. The van der Waals surface area contributed by atoms with Gasteiger partial charge >= 0.3 is 0 Å². The molecule has 3 rings (SSSR count). The molecule has 0 aliphatic rings. The van der Waals surface area contributed by atoms with E-state index in [0.29, 0.717) is 0 Å². The molecule has 2 aromatic heterocycles. The van der Waals surface area contributed by atoms with E-state index in [4.69, 9.17) is 4.42 Å². The van der Waals surface area contributed by atoms with Crippen molar-refractivity contribution in [3.05, 3.63) is 52.5 Å².